The molecular weight excluding hydrogens is 291 g/mol. The van der Waals surface area contributed by atoms with Gasteiger partial charge < -0.3 is 0 Å². The second-order valence-corrected chi connectivity index (χ2v) is 5.56. The van der Waals surface area contributed by atoms with E-state index in [1.54, 1.807) is 13.8 Å². The molecule has 1 rings (SSSR count). The number of benzene rings is 1. The number of rotatable bonds is 3. The summed E-state index contributed by atoms with van der Waals surface area (Å²) in [5, 5.41) is 2.10. The van der Waals surface area contributed by atoms with E-state index in [0.717, 1.165) is 24.3 Å². The van der Waals surface area contributed by atoms with Crippen molar-refractivity contribution in [2.75, 3.05) is 13.1 Å². The van der Waals surface area contributed by atoms with E-state index in [9.17, 15) is 21.6 Å². The SMILES string of the molecule is CCN(CC)S(=O)(=O)C#Cc1ccc(C(F)(F)F)cc1. The molecule has 0 N–H and O–H groups in total. The van der Waals surface area contributed by atoms with Gasteiger partial charge in [-0.05, 0) is 30.2 Å². The Bertz CT molecular complexity index is 606. The van der Waals surface area contributed by atoms with Gasteiger partial charge in [-0.15, -0.1) is 0 Å². The highest BCUT2D eigenvalue weighted by Gasteiger charge is 2.29. The first kappa shape index (κ1) is 16.5. The molecule has 3 nitrogen and oxygen atoms in total. The molecule has 0 atom stereocenters. The molecule has 0 saturated heterocycles. The first-order valence-electron chi connectivity index (χ1n) is 5.91. The molecule has 20 heavy (non-hydrogen) atoms. The minimum atomic E-state index is -4.42. The van der Waals surface area contributed by atoms with Crippen LogP contribution in [0.5, 0.6) is 0 Å². The summed E-state index contributed by atoms with van der Waals surface area (Å²) in [6, 6.07) is 4.03. The number of hydrogen-bond donors (Lipinski definition) is 0. The summed E-state index contributed by atoms with van der Waals surface area (Å²) in [6.45, 7) is 3.95. The maximum atomic E-state index is 12.4. The van der Waals surface area contributed by atoms with Gasteiger partial charge in [0.2, 0.25) is 0 Å². The van der Waals surface area contributed by atoms with Gasteiger partial charge in [0.25, 0.3) is 10.0 Å². The minimum absolute atomic E-state index is 0.216. The zero-order valence-corrected chi connectivity index (χ0v) is 11.8. The minimum Gasteiger partial charge on any atom is -0.198 e. The molecule has 0 spiro atoms. The molecule has 0 fully saturated rings. The number of hydrogen-bond acceptors (Lipinski definition) is 2. The second-order valence-electron chi connectivity index (χ2n) is 3.89. The fraction of sp³-hybridized carbons (Fsp3) is 0.385. The number of sulfonamides is 1. The van der Waals surface area contributed by atoms with Crippen LogP contribution >= 0.6 is 0 Å². The van der Waals surface area contributed by atoms with Crippen LogP contribution in [-0.4, -0.2) is 25.8 Å². The van der Waals surface area contributed by atoms with Gasteiger partial charge >= 0.3 is 6.18 Å². The third kappa shape index (κ3) is 4.25. The maximum absolute atomic E-state index is 12.4. The van der Waals surface area contributed by atoms with Crippen molar-refractivity contribution in [1.82, 2.24) is 4.31 Å². The smallest absolute Gasteiger partial charge is 0.198 e. The van der Waals surface area contributed by atoms with Crippen molar-refractivity contribution in [2.24, 2.45) is 0 Å². The van der Waals surface area contributed by atoms with Crippen molar-refractivity contribution in [3.05, 3.63) is 35.4 Å². The van der Waals surface area contributed by atoms with Crippen molar-refractivity contribution in [3.63, 3.8) is 0 Å². The van der Waals surface area contributed by atoms with Crippen molar-refractivity contribution in [1.29, 1.82) is 0 Å². The summed E-state index contributed by atoms with van der Waals surface area (Å²) < 4.78 is 61.8. The fourth-order valence-corrected chi connectivity index (χ4v) is 2.55. The molecular formula is C13H14F3NO2S. The molecule has 0 bridgehead atoms. The Labute approximate surface area is 116 Å². The van der Waals surface area contributed by atoms with Crippen LogP contribution in [0.1, 0.15) is 25.0 Å². The topological polar surface area (TPSA) is 37.4 Å². The van der Waals surface area contributed by atoms with Crippen LogP contribution in [0.4, 0.5) is 13.2 Å². The molecule has 0 saturated carbocycles. The molecule has 0 aliphatic carbocycles. The predicted octanol–water partition coefficient (Wildman–Crippen LogP) is 2.69. The summed E-state index contributed by atoms with van der Waals surface area (Å²) >= 11 is 0. The predicted molar refractivity (Wildman–Crippen MR) is 70.2 cm³/mol. The third-order valence-electron chi connectivity index (χ3n) is 2.58. The van der Waals surface area contributed by atoms with E-state index in [1.807, 2.05) is 0 Å². The standard InChI is InChI=1S/C13H14F3NO2S/c1-3-17(4-2)20(18,19)10-9-11-5-7-12(8-6-11)13(14,15)16/h5-8H,3-4H2,1-2H3. The van der Waals surface area contributed by atoms with Gasteiger partial charge in [-0.3, -0.25) is 0 Å². The third-order valence-corrected chi connectivity index (χ3v) is 4.14. The Morgan fingerprint density at radius 3 is 2.00 bits per heavy atom. The number of alkyl halides is 3. The van der Waals surface area contributed by atoms with Crippen molar-refractivity contribution >= 4 is 10.0 Å². The first-order chi connectivity index (χ1) is 9.20. The van der Waals surface area contributed by atoms with E-state index < -0.39 is 21.8 Å². The van der Waals surface area contributed by atoms with E-state index >= 15 is 0 Å². The second kappa shape index (κ2) is 6.29. The van der Waals surface area contributed by atoms with Crippen LogP contribution in [0.25, 0.3) is 0 Å². The van der Waals surface area contributed by atoms with Crippen molar-refractivity contribution in [3.8, 4) is 11.2 Å². The van der Waals surface area contributed by atoms with E-state index in [1.165, 1.54) is 4.31 Å². The molecule has 0 radical (unpaired) electrons. The van der Waals surface area contributed by atoms with Gasteiger partial charge in [0.15, 0.2) is 0 Å². The van der Waals surface area contributed by atoms with E-state index in [-0.39, 0.29) is 5.56 Å². The zero-order chi connectivity index (χ0) is 15.4. The maximum Gasteiger partial charge on any atom is 0.416 e. The van der Waals surface area contributed by atoms with Gasteiger partial charge in [-0.1, -0.05) is 13.8 Å². The Morgan fingerprint density at radius 2 is 1.60 bits per heavy atom. The first-order valence-corrected chi connectivity index (χ1v) is 7.35. The molecule has 1 aromatic rings. The van der Waals surface area contributed by atoms with Gasteiger partial charge in [0.1, 0.15) is 0 Å². The Morgan fingerprint density at radius 1 is 1.10 bits per heavy atom. The summed E-state index contributed by atoms with van der Waals surface area (Å²) in [7, 11) is -3.71. The van der Waals surface area contributed by atoms with Crippen LogP contribution in [0, 0.1) is 11.2 Å². The highest BCUT2D eigenvalue weighted by atomic mass is 32.2. The van der Waals surface area contributed by atoms with Gasteiger partial charge in [0.05, 0.1) is 5.56 Å². The van der Waals surface area contributed by atoms with Gasteiger partial charge in [0, 0.05) is 23.9 Å². The summed E-state index contributed by atoms with van der Waals surface area (Å²) in [6.07, 6.45) is -4.42. The molecule has 7 heteroatoms. The fourth-order valence-electron chi connectivity index (χ4n) is 1.49. The molecule has 110 valence electrons. The lowest BCUT2D eigenvalue weighted by molar-refractivity contribution is -0.137. The Balaban J connectivity index is 2.99. The largest absolute Gasteiger partial charge is 0.416 e. The monoisotopic (exact) mass is 305 g/mol. The highest BCUT2D eigenvalue weighted by molar-refractivity contribution is 7.93. The number of halogens is 3. The van der Waals surface area contributed by atoms with Crippen molar-refractivity contribution < 1.29 is 21.6 Å². The highest BCUT2D eigenvalue weighted by Crippen LogP contribution is 2.28. The Hall–Kier alpha value is -1.52. The number of nitrogens with zero attached hydrogens (tertiary/aromatic N) is 1. The van der Waals surface area contributed by atoms with Crippen LogP contribution in [-0.2, 0) is 16.2 Å². The molecule has 0 aliphatic heterocycles. The molecule has 0 amide bonds. The molecule has 0 heterocycles. The molecule has 1 aromatic carbocycles. The normalized spacial score (nSPS) is 12.1. The summed E-state index contributed by atoms with van der Waals surface area (Å²) in [4.78, 5) is 0. The summed E-state index contributed by atoms with van der Waals surface area (Å²) in [5.41, 5.74) is -0.580. The van der Waals surface area contributed by atoms with Crippen LogP contribution in [0.3, 0.4) is 0 Å². The van der Waals surface area contributed by atoms with Crippen LogP contribution in [0.2, 0.25) is 0 Å². The quantitative estimate of drug-likeness (QED) is 0.805. The van der Waals surface area contributed by atoms with Crippen LogP contribution < -0.4 is 0 Å². The molecule has 0 aromatic heterocycles. The lowest BCUT2D eigenvalue weighted by Crippen LogP contribution is -2.29. The van der Waals surface area contributed by atoms with Gasteiger partial charge in [-0.2, -0.15) is 25.9 Å². The van der Waals surface area contributed by atoms with E-state index in [2.05, 4.69) is 11.2 Å². The molecule has 0 aliphatic rings. The molecule has 0 unspecified atom stereocenters. The Kier molecular flexibility index (Phi) is 5.20. The van der Waals surface area contributed by atoms with Gasteiger partial charge in [-0.25, -0.2) is 0 Å². The lowest BCUT2D eigenvalue weighted by atomic mass is 10.1. The van der Waals surface area contributed by atoms with Crippen LogP contribution in [0.15, 0.2) is 24.3 Å². The summed E-state index contributed by atoms with van der Waals surface area (Å²) in [5.74, 6) is 2.37. The zero-order valence-electron chi connectivity index (χ0n) is 11.0. The van der Waals surface area contributed by atoms with E-state index in [0.29, 0.717) is 13.1 Å². The van der Waals surface area contributed by atoms with E-state index in [4.69, 9.17) is 0 Å². The average molecular weight is 305 g/mol. The average Bonchev–Trinajstić information content (AvgIpc) is 2.37. The lowest BCUT2D eigenvalue weighted by Gasteiger charge is -2.13. The van der Waals surface area contributed by atoms with Crippen molar-refractivity contribution in [2.45, 2.75) is 20.0 Å².